The largest absolute Gasteiger partial charge is 0.383 e. The van der Waals surface area contributed by atoms with Crippen molar-refractivity contribution >= 4 is 22.3 Å². The van der Waals surface area contributed by atoms with E-state index in [2.05, 4.69) is 25.4 Å². The van der Waals surface area contributed by atoms with Crippen LogP contribution in [0, 0.1) is 0 Å². The monoisotopic (exact) mass is 439 g/mol. The Labute approximate surface area is 189 Å². The molecule has 0 radical (unpaired) electrons. The Hall–Kier alpha value is -4.37. The quantitative estimate of drug-likeness (QED) is 0.398. The number of methoxy groups -OCH3 is 1. The van der Waals surface area contributed by atoms with Crippen molar-refractivity contribution in [1.82, 2.24) is 29.7 Å². The lowest BCUT2D eigenvalue weighted by atomic mass is 10.1. The van der Waals surface area contributed by atoms with Crippen LogP contribution < -0.4 is 10.9 Å². The highest BCUT2D eigenvalue weighted by molar-refractivity contribution is 5.95. The number of nitrogens with zero attached hydrogens (tertiary/aromatic N) is 5. The average molecular weight is 439 g/mol. The predicted molar refractivity (Wildman–Crippen MR) is 126 cm³/mol. The van der Waals surface area contributed by atoms with E-state index in [9.17, 15) is 4.79 Å². The minimum atomic E-state index is -0.210. The maximum Gasteiger partial charge on any atom is 0.259 e. The third-order valence-corrected chi connectivity index (χ3v) is 5.25. The molecule has 4 heterocycles. The van der Waals surface area contributed by atoms with E-state index in [0.29, 0.717) is 30.0 Å². The Morgan fingerprint density at radius 2 is 1.85 bits per heavy atom. The van der Waals surface area contributed by atoms with Crippen LogP contribution in [0.2, 0.25) is 0 Å². The fourth-order valence-electron chi connectivity index (χ4n) is 3.59. The van der Waals surface area contributed by atoms with E-state index in [4.69, 9.17) is 9.72 Å². The number of hydrogen-bond acceptors (Lipinski definition) is 7. The molecule has 1 aromatic carbocycles. The summed E-state index contributed by atoms with van der Waals surface area (Å²) in [6, 6.07) is 11.6. The van der Waals surface area contributed by atoms with Crippen LogP contribution in [0.25, 0.3) is 33.2 Å². The summed E-state index contributed by atoms with van der Waals surface area (Å²) in [6.07, 6.45) is 10.3. The van der Waals surface area contributed by atoms with Crippen molar-refractivity contribution in [3.8, 4) is 22.4 Å². The molecule has 5 aromatic rings. The van der Waals surface area contributed by atoms with Crippen LogP contribution >= 0.6 is 0 Å². The maximum atomic E-state index is 12.6. The van der Waals surface area contributed by atoms with Gasteiger partial charge in [-0.2, -0.15) is 5.10 Å². The van der Waals surface area contributed by atoms with Crippen molar-refractivity contribution < 1.29 is 4.74 Å². The molecule has 0 atom stereocenters. The molecule has 33 heavy (non-hydrogen) atoms. The lowest BCUT2D eigenvalue weighted by Gasteiger charge is -2.11. The molecule has 0 spiro atoms. The lowest BCUT2D eigenvalue weighted by Crippen LogP contribution is -2.09. The number of aromatic nitrogens is 6. The fourth-order valence-corrected chi connectivity index (χ4v) is 3.59. The number of rotatable bonds is 7. The first-order chi connectivity index (χ1) is 16.2. The molecule has 0 amide bonds. The van der Waals surface area contributed by atoms with Crippen LogP contribution in [0.5, 0.6) is 0 Å². The van der Waals surface area contributed by atoms with E-state index < -0.39 is 0 Å². The minimum absolute atomic E-state index is 0.210. The molecule has 9 nitrogen and oxygen atoms in total. The third-order valence-electron chi connectivity index (χ3n) is 5.25. The molecule has 0 aliphatic carbocycles. The van der Waals surface area contributed by atoms with Gasteiger partial charge in [0.2, 0.25) is 0 Å². The van der Waals surface area contributed by atoms with Crippen molar-refractivity contribution in [3.63, 3.8) is 0 Å². The van der Waals surface area contributed by atoms with Gasteiger partial charge in [-0.05, 0) is 35.2 Å². The average Bonchev–Trinajstić information content (AvgIpc) is 3.33. The number of aromatic amines is 1. The number of ether oxygens (including phenoxy) is 1. The zero-order valence-corrected chi connectivity index (χ0v) is 17.9. The number of benzene rings is 1. The molecule has 0 aliphatic heterocycles. The van der Waals surface area contributed by atoms with Gasteiger partial charge in [-0.3, -0.25) is 9.48 Å². The summed E-state index contributed by atoms with van der Waals surface area (Å²) in [4.78, 5) is 28.2. The summed E-state index contributed by atoms with van der Waals surface area (Å²) in [5.74, 6) is 0.466. The Bertz CT molecular complexity index is 1440. The molecule has 4 aromatic heterocycles. The molecule has 2 N–H and O–H groups in total. The van der Waals surface area contributed by atoms with Crippen molar-refractivity contribution in [2.45, 2.75) is 6.54 Å². The van der Waals surface area contributed by atoms with Crippen LogP contribution in [0.3, 0.4) is 0 Å². The van der Waals surface area contributed by atoms with E-state index in [1.54, 1.807) is 25.7 Å². The molecular formula is C24H21N7O2. The van der Waals surface area contributed by atoms with Gasteiger partial charge in [0.25, 0.3) is 5.56 Å². The van der Waals surface area contributed by atoms with Crippen molar-refractivity contribution in [1.29, 1.82) is 0 Å². The van der Waals surface area contributed by atoms with Crippen LogP contribution in [-0.4, -0.2) is 43.4 Å². The summed E-state index contributed by atoms with van der Waals surface area (Å²) in [6.45, 7) is 1.31. The second-order valence-electron chi connectivity index (χ2n) is 7.44. The Morgan fingerprint density at radius 1 is 1.03 bits per heavy atom. The molecule has 164 valence electrons. The zero-order chi connectivity index (χ0) is 22.6. The number of pyridine rings is 2. The molecule has 0 unspecified atom stereocenters. The van der Waals surface area contributed by atoms with Crippen LogP contribution in [0.4, 0.5) is 11.5 Å². The maximum absolute atomic E-state index is 12.6. The first kappa shape index (κ1) is 20.5. The highest BCUT2D eigenvalue weighted by atomic mass is 16.5. The van der Waals surface area contributed by atoms with Gasteiger partial charge in [-0.1, -0.05) is 12.1 Å². The van der Waals surface area contributed by atoms with Gasteiger partial charge in [0, 0.05) is 48.7 Å². The standard InChI is InChI=1S/C24H21N7O2/c1-33-9-8-31-14-19(13-28-31)16-2-4-20(5-3-16)29-23-22-17(6-7-27-24(22)32)10-21(30-23)18-11-25-15-26-12-18/h2-7,10-15H,8-9H2,1H3,(H,27,32)(H,29,30). The second kappa shape index (κ2) is 9.01. The van der Waals surface area contributed by atoms with Gasteiger partial charge in [0.05, 0.1) is 30.4 Å². The number of anilines is 2. The van der Waals surface area contributed by atoms with Gasteiger partial charge in [-0.15, -0.1) is 0 Å². The third kappa shape index (κ3) is 4.35. The molecule has 5 rings (SSSR count). The number of hydrogen-bond donors (Lipinski definition) is 2. The minimum Gasteiger partial charge on any atom is -0.383 e. The molecule has 0 fully saturated rings. The highest BCUT2D eigenvalue weighted by Crippen LogP contribution is 2.28. The summed E-state index contributed by atoms with van der Waals surface area (Å²) < 4.78 is 6.96. The van der Waals surface area contributed by atoms with Gasteiger partial charge in [0.1, 0.15) is 12.1 Å². The SMILES string of the molecule is COCCn1cc(-c2ccc(Nc3nc(-c4cncnc4)cc4cc[nH]c(=O)c34)cc2)cn1. The summed E-state index contributed by atoms with van der Waals surface area (Å²) in [5.41, 5.74) is 4.10. The fraction of sp³-hybridized carbons (Fsp3) is 0.125. The van der Waals surface area contributed by atoms with Gasteiger partial charge >= 0.3 is 0 Å². The molecule has 0 saturated carbocycles. The van der Waals surface area contributed by atoms with Crippen molar-refractivity contribution in [3.05, 3.63) is 84.1 Å². The normalized spacial score (nSPS) is 11.1. The van der Waals surface area contributed by atoms with Crippen LogP contribution in [0.15, 0.2) is 78.5 Å². The predicted octanol–water partition coefficient (Wildman–Crippen LogP) is 3.63. The first-order valence-electron chi connectivity index (χ1n) is 10.4. The topological polar surface area (TPSA) is 111 Å². The molecule has 0 saturated heterocycles. The van der Waals surface area contributed by atoms with E-state index >= 15 is 0 Å². The molecular weight excluding hydrogens is 418 g/mol. The van der Waals surface area contributed by atoms with Gasteiger partial charge in [-0.25, -0.2) is 15.0 Å². The summed E-state index contributed by atoms with van der Waals surface area (Å²) >= 11 is 0. The zero-order valence-electron chi connectivity index (χ0n) is 17.9. The number of H-pyrrole nitrogens is 1. The van der Waals surface area contributed by atoms with E-state index in [0.717, 1.165) is 27.8 Å². The highest BCUT2D eigenvalue weighted by Gasteiger charge is 2.12. The Kier molecular flexibility index (Phi) is 5.61. The summed E-state index contributed by atoms with van der Waals surface area (Å²) in [7, 11) is 1.67. The Morgan fingerprint density at radius 3 is 2.64 bits per heavy atom. The molecule has 0 aliphatic rings. The van der Waals surface area contributed by atoms with Crippen molar-refractivity contribution in [2.75, 3.05) is 19.0 Å². The smallest absolute Gasteiger partial charge is 0.259 e. The van der Waals surface area contributed by atoms with Crippen LogP contribution in [0.1, 0.15) is 0 Å². The van der Waals surface area contributed by atoms with E-state index in [1.807, 2.05) is 53.5 Å². The van der Waals surface area contributed by atoms with Gasteiger partial charge < -0.3 is 15.0 Å². The lowest BCUT2D eigenvalue weighted by molar-refractivity contribution is 0.183. The van der Waals surface area contributed by atoms with Gasteiger partial charge in [0.15, 0.2) is 0 Å². The molecule has 9 heteroatoms. The second-order valence-corrected chi connectivity index (χ2v) is 7.44. The Balaban J connectivity index is 1.47. The summed E-state index contributed by atoms with van der Waals surface area (Å²) in [5, 5.41) is 8.93. The molecule has 0 bridgehead atoms. The number of fused-ring (bicyclic) bond motifs is 1. The van der Waals surface area contributed by atoms with E-state index in [-0.39, 0.29) is 5.56 Å². The van der Waals surface area contributed by atoms with E-state index in [1.165, 1.54) is 6.33 Å². The van der Waals surface area contributed by atoms with Crippen LogP contribution in [-0.2, 0) is 11.3 Å². The van der Waals surface area contributed by atoms with Crippen molar-refractivity contribution in [2.24, 2.45) is 0 Å². The first-order valence-corrected chi connectivity index (χ1v) is 10.4. The number of nitrogens with one attached hydrogen (secondary N) is 2.